The smallest absolute Gasteiger partial charge is 0.227 e. The van der Waals surface area contributed by atoms with Gasteiger partial charge in [-0.05, 0) is 60.4 Å². The Balaban J connectivity index is 1.44. The first-order chi connectivity index (χ1) is 16.0. The van der Waals surface area contributed by atoms with Gasteiger partial charge in [-0.1, -0.05) is 48.9 Å². The zero-order chi connectivity index (χ0) is 22.9. The highest BCUT2D eigenvalue weighted by Crippen LogP contribution is 2.39. The summed E-state index contributed by atoms with van der Waals surface area (Å²) in [5, 5.41) is 0.680. The minimum absolute atomic E-state index is 0.169. The fourth-order valence-corrected chi connectivity index (χ4v) is 5.02. The molecular weight excluding hydrogens is 434 g/mol. The van der Waals surface area contributed by atoms with Crippen molar-refractivity contribution in [3.63, 3.8) is 0 Å². The number of anilines is 1. The van der Waals surface area contributed by atoms with E-state index in [0.29, 0.717) is 10.9 Å². The van der Waals surface area contributed by atoms with Crippen LogP contribution in [0.3, 0.4) is 0 Å². The number of aromatic nitrogens is 1. The zero-order valence-electron chi connectivity index (χ0n) is 18.4. The number of piperidine rings is 1. The lowest BCUT2D eigenvalue weighted by atomic mass is 9.74. The Morgan fingerprint density at radius 1 is 1.12 bits per heavy atom. The summed E-state index contributed by atoms with van der Waals surface area (Å²) in [5.41, 5.74) is 10.5. The Bertz CT molecular complexity index is 1270. The third-order valence-electron chi connectivity index (χ3n) is 6.81. The van der Waals surface area contributed by atoms with E-state index in [4.69, 9.17) is 26.7 Å². The molecule has 3 aromatic carbocycles. The number of carbonyl (C=O) groups excluding carboxylic acids is 1. The van der Waals surface area contributed by atoms with E-state index in [2.05, 4.69) is 41.3 Å². The Kier molecular flexibility index (Phi) is 5.81. The summed E-state index contributed by atoms with van der Waals surface area (Å²) in [4.78, 5) is 19.1. The quantitative estimate of drug-likeness (QED) is 0.404. The number of amides is 1. The van der Waals surface area contributed by atoms with E-state index in [1.807, 2.05) is 43.3 Å². The lowest BCUT2D eigenvalue weighted by Gasteiger charge is -2.42. The van der Waals surface area contributed by atoms with Crippen molar-refractivity contribution in [2.24, 2.45) is 17.6 Å². The van der Waals surface area contributed by atoms with Crippen LogP contribution in [0.1, 0.15) is 24.8 Å². The van der Waals surface area contributed by atoms with Gasteiger partial charge < -0.3 is 15.1 Å². The van der Waals surface area contributed by atoms with E-state index in [0.717, 1.165) is 41.9 Å². The fraction of sp³-hybridized carbons (Fsp3) is 0.259. The number of primary amides is 1. The lowest BCUT2D eigenvalue weighted by molar-refractivity contribution is -0.123. The highest BCUT2D eigenvalue weighted by molar-refractivity contribution is 6.30. The number of hydrogen-bond acceptors (Lipinski definition) is 4. The van der Waals surface area contributed by atoms with Gasteiger partial charge in [-0.25, -0.2) is 4.98 Å². The maximum absolute atomic E-state index is 12.0. The number of fused-ring (bicyclic) bond motifs is 1. The van der Waals surface area contributed by atoms with E-state index in [1.165, 1.54) is 5.56 Å². The van der Waals surface area contributed by atoms with E-state index >= 15 is 0 Å². The summed E-state index contributed by atoms with van der Waals surface area (Å²) in [5.74, 6) is 0.619. The molecule has 1 aliphatic rings. The molecule has 5 nitrogen and oxygen atoms in total. The number of hydrogen-bond donors (Lipinski definition) is 1. The van der Waals surface area contributed by atoms with Crippen LogP contribution >= 0.6 is 11.6 Å². The first kappa shape index (κ1) is 21.5. The summed E-state index contributed by atoms with van der Waals surface area (Å²) >= 11 is 6.01. The van der Waals surface area contributed by atoms with E-state index in [-0.39, 0.29) is 23.7 Å². The van der Waals surface area contributed by atoms with Crippen molar-refractivity contribution in [2.45, 2.75) is 19.3 Å². The standard InChI is InChI=1S/C27H26ClN3O2/c1-17(26(29)32)22-13-14-31(16-23(22)18-5-3-2-4-6-18)21-11-12-25-24(15-21)30-27(33-25)19-7-9-20(28)10-8-19/h2-12,15,17,22-23H,13-14,16H2,1H3,(H2,29,32). The van der Waals surface area contributed by atoms with Crippen LogP contribution in [-0.4, -0.2) is 24.0 Å². The molecule has 33 heavy (non-hydrogen) atoms. The molecule has 0 spiro atoms. The first-order valence-corrected chi connectivity index (χ1v) is 11.6. The Morgan fingerprint density at radius 3 is 2.61 bits per heavy atom. The maximum atomic E-state index is 12.0. The third kappa shape index (κ3) is 4.33. The van der Waals surface area contributed by atoms with Gasteiger partial charge in [0.05, 0.1) is 0 Å². The topological polar surface area (TPSA) is 72.4 Å². The van der Waals surface area contributed by atoms with Crippen molar-refractivity contribution in [1.82, 2.24) is 4.98 Å². The molecule has 1 aromatic heterocycles. The molecule has 5 rings (SSSR count). The van der Waals surface area contributed by atoms with Crippen LogP contribution in [0.5, 0.6) is 0 Å². The largest absolute Gasteiger partial charge is 0.436 e. The van der Waals surface area contributed by atoms with Crippen molar-refractivity contribution in [3.8, 4) is 11.5 Å². The van der Waals surface area contributed by atoms with Crippen molar-refractivity contribution in [3.05, 3.63) is 83.4 Å². The van der Waals surface area contributed by atoms with Gasteiger partial charge in [-0.2, -0.15) is 0 Å². The summed E-state index contributed by atoms with van der Waals surface area (Å²) in [6.45, 7) is 3.64. The SMILES string of the molecule is CC(C(N)=O)C1CCN(c2ccc3oc(-c4ccc(Cl)cc4)nc3c2)CC1c1ccccc1. The molecule has 1 saturated heterocycles. The van der Waals surface area contributed by atoms with Crippen LogP contribution in [0.15, 0.2) is 77.2 Å². The number of oxazole rings is 1. The van der Waals surface area contributed by atoms with Crippen molar-refractivity contribution >= 4 is 34.3 Å². The molecule has 3 atom stereocenters. The second-order valence-electron chi connectivity index (χ2n) is 8.78. The van der Waals surface area contributed by atoms with E-state index in [9.17, 15) is 4.79 Å². The maximum Gasteiger partial charge on any atom is 0.227 e. The monoisotopic (exact) mass is 459 g/mol. The summed E-state index contributed by atoms with van der Waals surface area (Å²) in [6, 6.07) is 24.0. The van der Waals surface area contributed by atoms with Crippen molar-refractivity contribution < 1.29 is 9.21 Å². The zero-order valence-corrected chi connectivity index (χ0v) is 19.2. The third-order valence-corrected chi connectivity index (χ3v) is 7.06. The van der Waals surface area contributed by atoms with Gasteiger partial charge in [-0.3, -0.25) is 4.79 Å². The number of rotatable bonds is 5. The summed E-state index contributed by atoms with van der Waals surface area (Å²) in [7, 11) is 0. The normalized spacial score (nSPS) is 19.5. The van der Waals surface area contributed by atoms with Crippen LogP contribution in [0.2, 0.25) is 5.02 Å². The average molecular weight is 460 g/mol. The molecule has 1 aliphatic heterocycles. The molecule has 4 aromatic rings. The Hall–Kier alpha value is -3.31. The number of nitrogens with two attached hydrogens (primary N) is 1. The van der Waals surface area contributed by atoms with Crippen molar-refractivity contribution in [1.29, 1.82) is 0 Å². The lowest BCUT2D eigenvalue weighted by Crippen LogP contribution is -2.44. The van der Waals surface area contributed by atoms with Crippen LogP contribution in [-0.2, 0) is 4.79 Å². The minimum Gasteiger partial charge on any atom is -0.436 e. The van der Waals surface area contributed by atoms with Gasteiger partial charge in [0.2, 0.25) is 11.8 Å². The second-order valence-corrected chi connectivity index (χ2v) is 9.22. The van der Waals surface area contributed by atoms with E-state index < -0.39 is 0 Å². The highest BCUT2D eigenvalue weighted by Gasteiger charge is 2.36. The van der Waals surface area contributed by atoms with Gasteiger partial charge in [0.25, 0.3) is 0 Å². The summed E-state index contributed by atoms with van der Waals surface area (Å²) < 4.78 is 5.98. The van der Waals surface area contributed by atoms with Gasteiger partial charge >= 0.3 is 0 Å². The summed E-state index contributed by atoms with van der Waals surface area (Å²) in [6.07, 6.45) is 0.899. The van der Waals surface area contributed by atoms with Gasteiger partial charge in [0.15, 0.2) is 5.58 Å². The fourth-order valence-electron chi connectivity index (χ4n) is 4.90. The number of benzene rings is 3. The van der Waals surface area contributed by atoms with Crippen LogP contribution < -0.4 is 10.6 Å². The number of carbonyl (C=O) groups is 1. The molecule has 168 valence electrons. The second kappa shape index (κ2) is 8.91. The van der Waals surface area contributed by atoms with Gasteiger partial charge in [-0.15, -0.1) is 0 Å². The number of halogens is 1. The van der Waals surface area contributed by atoms with Gasteiger partial charge in [0, 0.05) is 41.2 Å². The molecule has 0 bridgehead atoms. The molecule has 0 radical (unpaired) electrons. The molecule has 2 heterocycles. The van der Waals surface area contributed by atoms with Crippen LogP contribution in [0.4, 0.5) is 5.69 Å². The van der Waals surface area contributed by atoms with Crippen molar-refractivity contribution in [2.75, 3.05) is 18.0 Å². The average Bonchev–Trinajstić information content (AvgIpc) is 3.27. The van der Waals surface area contributed by atoms with E-state index in [1.54, 1.807) is 0 Å². The van der Waals surface area contributed by atoms with Crippen LogP contribution in [0.25, 0.3) is 22.6 Å². The van der Waals surface area contributed by atoms with Crippen LogP contribution in [0, 0.1) is 11.8 Å². The molecule has 6 heteroatoms. The Labute approximate surface area is 198 Å². The molecule has 3 unspecified atom stereocenters. The van der Waals surface area contributed by atoms with Gasteiger partial charge in [0.1, 0.15) is 5.52 Å². The molecule has 1 amide bonds. The first-order valence-electron chi connectivity index (χ1n) is 11.3. The molecule has 0 saturated carbocycles. The predicted molar refractivity (Wildman–Crippen MR) is 132 cm³/mol. The highest BCUT2D eigenvalue weighted by atomic mass is 35.5. The predicted octanol–water partition coefficient (Wildman–Crippen LogP) is 5.88. The Morgan fingerprint density at radius 2 is 1.88 bits per heavy atom. The number of nitrogens with zero attached hydrogens (tertiary/aromatic N) is 2. The molecular formula is C27H26ClN3O2. The molecule has 0 aliphatic carbocycles. The molecule has 1 fully saturated rings. The minimum atomic E-state index is -0.229. The molecule has 2 N–H and O–H groups in total.